The molecule has 0 unspecified atom stereocenters. The van der Waals surface area contributed by atoms with E-state index < -0.39 is 0 Å². The highest BCUT2D eigenvalue weighted by Gasteiger charge is 2.18. The zero-order valence-electron chi connectivity index (χ0n) is 16.5. The number of halogens is 1. The van der Waals surface area contributed by atoms with E-state index in [1.54, 1.807) is 23.8 Å². The van der Waals surface area contributed by atoms with E-state index in [2.05, 4.69) is 0 Å². The van der Waals surface area contributed by atoms with Crippen LogP contribution in [0, 0.1) is 9.77 Å². The Morgan fingerprint density at radius 1 is 1.03 bits per heavy atom. The average Bonchev–Trinajstić information content (AvgIpc) is 3.14. The number of aromatic nitrogens is 2. The highest BCUT2D eigenvalue weighted by molar-refractivity contribution is 7.73. The fraction of sp³-hybridized carbons (Fsp3) is 0.0833. The third kappa shape index (κ3) is 3.36. The van der Waals surface area contributed by atoms with Crippen molar-refractivity contribution >= 4 is 40.1 Å². The molecule has 4 nitrogen and oxygen atoms in total. The Bertz CT molecular complexity index is 1550. The Labute approximate surface area is 186 Å². The van der Waals surface area contributed by atoms with Gasteiger partial charge in [-0.1, -0.05) is 36.4 Å². The summed E-state index contributed by atoms with van der Waals surface area (Å²) in [6.07, 6.45) is 0. The summed E-state index contributed by atoms with van der Waals surface area (Å²) in [5.41, 5.74) is 3.11. The van der Waals surface area contributed by atoms with Crippen molar-refractivity contribution in [3.05, 3.63) is 98.5 Å². The van der Waals surface area contributed by atoms with E-state index in [4.69, 9.17) is 17.0 Å². The molecule has 0 spiro atoms. The highest BCUT2D eigenvalue weighted by Crippen LogP contribution is 2.33. The average molecular weight is 449 g/mol. The van der Waals surface area contributed by atoms with Crippen LogP contribution < -0.4 is 10.3 Å². The maximum absolute atomic E-state index is 13.6. The standard InChI is InChI=1S/C24H17FN2O2S2/c1-29-18-6-4-5-15(13-18)14-26-22-21(16-9-11-17(25)12-10-16)31-24(30)27(22)20-8-3-2-7-19(20)23(26)28/h2-13H,14H2,1H3. The number of hydrogen-bond acceptors (Lipinski definition) is 4. The highest BCUT2D eigenvalue weighted by atomic mass is 32.1. The van der Waals surface area contributed by atoms with Crippen LogP contribution in [0.15, 0.2) is 77.6 Å². The Balaban J connectivity index is 1.87. The van der Waals surface area contributed by atoms with Crippen molar-refractivity contribution in [3.63, 3.8) is 0 Å². The zero-order chi connectivity index (χ0) is 21.5. The number of benzene rings is 3. The molecule has 0 saturated heterocycles. The van der Waals surface area contributed by atoms with Crippen LogP contribution >= 0.6 is 23.6 Å². The minimum atomic E-state index is -0.310. The lowest BCUT2D eigenvalue weighted by molar-refractivity contribution is 0.414. The SMILES string of the molecule is COc1cccc(Cn2c(=O)c3ccccc3n3c(=S)sc(-c4ccc(F)cc4)c23)c1. The van der Waals surface area contributed by atoms with Crippen LogP contribution in [-0.2, 0) is 6.54 Å². The first-order chi connectivity index (χ1) is 15.1. The number of methoxy groups -OCH3 is 1. The molecule has 0 fully saturated rings. The van der Waals surface area contributed by atoms with Gasteiger partial charge in [0.2, 0.25) is 0 Å². The predicted molar refractivity (Wildman–Crippen MR) is 125 cm³/mol. The summed E-state index contributed by atoms with van der Waals surface area (Å²) in [6, 6.07) is 21.4. The number of ether oxygens (including phenoxy) is 1. The monoisotopic (exact) mass is 448 g/mol. The molecule has 5 rings (SSSR count). The van der Waals surface area contributed by atoms with E-state index in [-0.39, 0.29) is 11.4 Å². The number of thiazole rings is 1. The zero-order valence-corrected chi connectivity index (χ0v) is 18.2. The molecule has 0 atom stereocenters. The van der Waals surface area contributed by atoms with Crippen molar-refractivity contribution in [1.29, 1.82) is 0 Å². The van der Waals surface area contributed by atoms with Gasteiger partial charge in [-0.05, 0) is 59.7 Å². The van der Waals surface area contributed by atoms with Crippen molar-refractivity contribution in [1.82, 2.24) is 8.97 Å². The molecule has 0 bridgehead atoms. The number of nitrogens with zero attached hydrogens (tertiary/aromatic N) is 2. The first kappa shape index (κ1) is 19.7. The second-order valence-corrected chi connectivity index (χ2v) is 8.77. The first-order valence-corrected chi connectivity index (χ1v) is 10.9. The lowest BCUT2D eigenvalue weighted by Gasteiger charge is -2.14. The molecule has 31 heavy (non-hydrogen) atoms. The normalized spacial score (nSPS) is 11.3. The maximum Gasteiger partial charge on any atom is 0.261 e. The first-order valence-electron chi connectivity index (χ1n) is 9.63. The predicted octanol–water partition coefficient (Wildman–Crippen LogP) is 5.91. The van der Waals surface area contributed by atoms with Gasteiger partial charge < -0.3 is 4.74 Å². The van der Waals surface area contributed by atoms with Gasteiger partial charge in [0.1, 0.15) is 17.2 Å². The van der Waals surface area contributed by atoms with Crippen LogP contribution in [0.5, 0.6) is 5.75 Å². The quantitative estimate of drug-likeness (QED) is 0.321. The van der Waals surface area contributed by atoms with Gasteiger partial charge in [0.15, 0.2) is 3.95 Å². The molecule has 2 heterocycles. The van der Waals surface area contributed by atoms with Crippen molar-refractivity contribution in [2.24, 2.45) is 0 Å². The Morgan fingerprint density at radius 2 is 1.81 bits per heavy atom. The molecule has 3 aromatic carbocycles. The fourth-order valence-corrected chi connectivity index (χ4v) is 5.24. The van der Waals surface area contributed by atoms with Gasteiger partial charge in [-0.3, -0.25) is 13.8 Å². The summed E-state index contributed by atoms with van der Waals surface area (Å²) in [4.78, 5) is 14.4. The molecule has 0 amide bonds. The summed E-state index contributed by atoms with van der Waals surface area (Å²) in [7, 11) is 1.62. The number of para-hydroxylation sites is 1. The lowest BCUT2D eigenvalue weighted by Crippen LogP contribution is -2.23. The van der Waals surface area contributed by atoms with E-state index >= 15 is 0 Å². The van der Waals surface area contributed by atoms with Gasteiger partial charge in [-0.25, -0.2) is 4.39 Å². The summed E-state index contributed by atoms with van der Waals surface area (Å²) in [5, 5.41) is 0.595. The van der Waals surface area contributed by atoms with Gasteiger partial charge in [0.05, 0.1) is 29.4 Å². The summed E-state index contributed by atoms with van der Waals surface area (Å²) in [5.74, 6) is 0.415. The Hall–Kier alpha value is -3.29. The van der Waals surface area contributed by atoms with Crippen LogP contribution in [0.25, 0.3) is 27.0 Å². The maximum atomic E-state index is 13.6. The summed E-state index contributed by atoms with van der Waals surface area (Å²) < 4.78 is 23.2. The van der Waals surface area contributed by atoms with Crippen LogP contribution in [0.2, 0.25) is 0 Å². The van der Waals surface area contributed by atoms with Crippen LogP contribution in [-0.4, -0.2) is 16.1 Å². The Morgan fingerprint density at radius 3 is 2.58 bits per heavy atom. The van der Waals surface area contributed by atoms with Crippen molar-refractivity contribution in [3.8, 4) is 16.2 Å². The van der Waals surface area contributed by atoms with E-state index in [0.717, 1.165) is 27.3 Å². The van der Waals surface area contributed by atoms with Gasteiger partial charge in [-0.15, -0.1) is 11.3 Å². The van der Waals surface area contributed by atoms with Crippen molar-refractivity contribution < 1.29 is 9.13 Å². The second kappa shape index (κ2) is 7.76. The molecular formula is C24H17FN2O2S2. The van der Waals surface area contributed by atoms with Crippen LogP contribution in [0.4, 0.5) is 4.39 Å². The smallest absolute Gasteiger partial charge is 0.261 e. The lowest BCUT2D eigenvalue weighted by atomic mass is 10.1. The van der Waals surface area contributed by atoms with Gasteiger partial charge in [0.25, 0.3) is 5.56 Å². The number of fused-ring (bicyclic) bond motifs is 3. The molecule has 7 heteroatoms. The molecule has 5 aromatic rings. The van der Waals surface area contributed by atoms with Crippen LogP contribution in [0.1, 0.15) is 5.56 Å². The molecule has 0 aliphatic rings. The van der Waals surface area contributed by atoms with Crippen molar-refractivity contribution in [2.45, 2.75) is 6.54 Å². The minimum Gasteiger partial charge on any atom is -0.497 e. The number of hydrogen-bond donors (Lipinski definition) is 0. The van der Waals surface area contributed by atoms with E-state index in [1.807, 2.05) is 52.9 Å². The number of rotatable bonds is 4. The topological polar surface area (TPSA) is 35.6 Å². The largest absolute Gasteiger partial charge is 0.497 e. The molecule has 0 radical (unpaired) electrons. The molecule has 2 aromatic heterocycles. The molecule has 0 aliphatic carbocycles. The van der Waals surface area contributed by atoms with Crippen LogP contribution in [0.3, 0.4) is 0 Å². The van der Waals surface area contributed by atoms with E-state index in [9.17, 15) is 9.18 Å². The molecule has 0 N–H and O–H groups in total. The third-order valence-electron chi connectivity index (χ3n) is 5.24. The molecular weight excluding hydrogens is 431 g/mol. The van der Waals surface area contributed by atoms with E-state index in [0.29, 0.717) is 21.5 Å². The van der Waals surface area contributed by atoms with Gasteiger partial charge in [0, 0.05) is 0 Å². The second-order valence-electron chi connectivity index (χ2n) is 7.12. The van der Waals surface area contributed by atoms with Gasteiger partial charge >= 0.3 is 0 Å². The van der Waals surface area contributed by atoms with E-state index in [1.165, 1.54) is 23.5 Å². The van der Waals surface area contributed by atoms with Gasteiger partial charge in [-0.2, -0.15) is 0 Å². The molecule has 154 valence electrons. The summed E-state index contributed by atoms with van der Waals surface area (Å²) in [6.45, 7) is 0.351. The van der Waals surface area contributed by atoms with Crippen molar-refractivity contribution in [2.75, 3.05) is 7.11 Å². The minimum absolute atomic E-state index is 0.102. The molecule has 0 aliphatic heterocycles. The fourth-order valence-electron chi connectivity index (χ4n) is 3.80. The summed E-state index contributed by atoms with van der Waals surface area (Å²) >= 11 is 7.12. The molecule has 0 saturated carbocycles. The third-order valence-corrected chi connectivity index (χ3v) is 6.66. The Kier molecular flexibility index (Phi) is 4.92.